The molecule has 3 rings (SSSR count). The molecule has 0 bridgehead atoms. The van der Waals surface area contributed by atoms with Crippen LogP contribution in [0.3, 0.4) is 0 Å². The topological polar surface area (TPSA) is 66.8 Å². The smallest absolute Gasteiger partial charge is 0.271 e. The van der Waals surface area contributed by atoms with Gasteiger partial charge in [0, 0.05) is 19.7 Å². The summed E-state index contributed by atoms with van der Waals surface area (Å²) < 4.78 is 2.63. The number of carbonyl (C=O) groups is 1. The number of benzene rings is 1. The molecule has 0 aliphatic heterocycles. The van der Waals surface area contributed by atoms with Gasteiger partial charge in [-0.25, -0.2) is 0 Å². The number of aromatic amines is 1. The minimum Gasteiger partial charge on any atom is -0.334 e. The molecule has 0 saturated carbocycles. The summed E-state index contributed by atoms with van der Waals surface area (Å²) in [5.41, 5.74) is 4.32. The van der Waals surface area contributed by atoms with Gasteiger partial charge in [-0.05, 0) is 28.9 Å². The summed E-state index contributed by atoms with van der Waals surface area (Å²) in [6, 6.07) is 9.82. The van der Waals surface area contributed by atoms with Crippen molar-refractivity contribution in [3.05, 3.63) is 58.0 Å². The molecule has 0 aliphatic carbocycles. The molecule has 0 spiro atoms. The summed E-state index contributed by atoms with van der Waals surface area (Å²) in [5, 5.41) is 11.2. The minimum atomic E-state index is -0.117. The molecule has 1 amide bonds. The summed E-state index contributed by atoms with van der Waals surface area (Å²) >= 11 is 3.45. The molecule has 1 aromatic carbocycles. The maximum atomic E-state index is 12.6. The van der Waals surface area contributed by atoms with Crippen molar-refractivity contribution < 1.29 is 4.79 Å². The van der Waals surface area contributed by atoms with Crippen molar-refractivity contribution in [2.75, 3.05) is 7.05 Å². The number of rotatable bonds is 4. The van der Waals surface area contributed by atoms with Crippen LogP contribution in [0.15, 0.2) is 41.0 Å². The Bertz CT molecular complexity index is 846. The van der Waals surface area contributed by atoms with E-state index in [0.29, 0.717) is 12.2 Å². The highest BCUT2D eigenvalue weighted by atomic mass is 79.9. The molecule has 3 aromatic rings. The van der Waals surface area contributed by atoms with Crippen molar-refractivity contribution in [3.63, 3.8) is 0 Å². The van der Waals surface area contributed by atoms with Gasteiger partial charge in [0.15, 0.2) is 0 Å². The molecule has 0 unspecified atom stereocenters. The number of aryl methyl sites for hydroxylation is 2. The highest BCUT2D eigenvalue weighted by molar-refractivity contribution is 9.10. The van der Waals surface area contributed by atoms with E-state index in [1.165, 1.54) is 5.56 Å². The van der Waals surface area contributed by atoms with Crippen molar-refractivity contribution in [1.82, 2.24) is 24.9 Å². The largest absolute Gasteiger partial charge is 0.334 e. The van der Waals surface area contributed by atoms with Gasteiger partial charge in [0.25, 0.3) is 5.91 Å². The number of H-pyrrole nitrogens is 1. The van der Waals surface area contributed by atoms with Crippen molar-refractivity contribution in [2.45, 2.75) is 13.5 Å². The van der Waals surface area contributed by atoms with Crippen LogP contribution in [-0.2, 0) is 13.6 Å². The first-order chi connectivity index (χ1) is 11.5. The SMILES string of the molecule is Cc1ccc(-c2cc(C(=O)N(C)Cc3c(Br)cnn3C)[nH]n2)cc1. The Kier molecular flexibility index (Phi) is 4.53. The third-order valence-corrected chi connectivity index (χ3v) is 4.56. The molecular weight excluding hydrogens is 370 g/mol. The lowest BCUT2D eigenvalue weighted by molar-refractivity contribution is 0.0776. The average molecular weight is 388 g/mol. The van der Waals surface area contributed by atoms with Crippen LogP contribution in [-0.4, -0.2) is 37.8 Å². The van der Waals surface area contributed by atoms with Crippen molar-refractivity contribution in [2.24, 2.45) is 7.05 Å². The van der Waals surface area contributed by atoms with E-state index in [2.05, 4.69) is 31.2 Å². The van der Waals surface area contributed by atoms with Gasteiger partial charge in [0.05, 0.1) is 28.6 Å². The fourth-order valence-electron chi connectivity index (χ4n) is 2.42. The number of hydrogen-bond donors (Lipinski definition) is 1. The van der Waals surface area contributed by atoms with Crippen LogP contribution in [0.1, 0.15) is 21.7 Å². The predicted molar refractivity (Wildman–Crippen MR) is 95.5 cm³/mol. The molecule has 6 nitrogen and oxygen atoms in total. The summed E-state index contributed by atoms with van der Waals surface area (Å²) in [7, 11) is 3.61. The Morgan fingerprint density at radius 1 is 1.33 bits per heavy atom. The standard InChI is InChI=1S/C17H18BrN5O/c1-11-4-6-12(7-5-11)14-8-15(21-20-14)17(24)22(2)10-16-13(18)9-19-23(16)3/h4-9H,10H2,1-3H3,(H,20,21). The van der Waals surface area contributed by atoms with Gasteiger partial charge in [-0.15, -0.1) is 0 Å². The molecule has 7 heteroatoms. The molecule has 0 saturated heterocycles. The fraction of sp³-hybridized carbons (Fsp3) is 0.235. The highest BCUT2D eigenvalue weighted by Crippen LogP contribution is 2.20. The van der Waals surface area contributed by atoms with E-state index in [1.807, 2.05) is 38.2 Å². The number of nitrogens with zero attached hydrogens (tertiary/aromatic N) is 4. The maximum absolute atomic E-state index is 12.6. The van der Waals surface area contributed by atoms with Crippen LogP contribution < -0.4 is 0 Å². The number of aromatic nitrogens is 4. The van der Waals surface area contributed by atoms with Crippen LogP contribution in [0.25, 0.3) is 11.3 Å². The van der Waals surface area contributed by atoms with Crippen LogP contribution in [0.2, 0.25) is 0 Å². The van der Waals surface area contributed by atoms with E-state index in [9.17, 15) is 4.79 Å². The summed E-state index contributed by atoms with van der Waals surface area (Å²) in [6.45, 7) is 2.49. The van der Waals surface area contributed by atoms with E-state index in [1.54, 1.807) is 28.9 Å². The highest BCUT2D eigenvalue weighted by Gasteiger charge is 2.18. The Morgan fingerprint density at radius 2 is 2.04 bits per heavy atom. The normalized spacial score (nSPS) is 10.8. The van der Waals surface area contributed by atoms with Crippen LogP contribution in [0, 0.1) is 6.92 Å². The zero-order valence-corrected chi connectivity index (χ0v) is 15.3. The summed E-state index contributed by atoms with van der Waals surface area (Å²) in [6.07, 6.45) is 1.72. The lowest BCUT2D eigenvalue weighted by Gasteiger charge is -2.16. The first kappa shape index (κ1) is 16.4. The second-order valence-electron chi connectivity index (χ2n) is 5.76. The van der Waals surface area contributed by atoms with Gasteiger partial charge < -0.3 is 4.90 Å². The van der Waals surface area contributed by atoms with Gasteiger partial charge in [-0.2, -0.15) is 10.2 Å². The zero-order valence-electron chi connectivity index (χ0n) is 13.7. The molecular formula is C17H18BrN5O. The van der Waals surface area contributed by atoms with E-state index in [4.69, 9.17) is 0 Å². The zero-order chi connectivity index (χ0) is 17.3. The Labute approximate surface area is 148 Å². The quantitative estimate of drug-likeness (QED) is 0.747. The summed E-state index contributed by atoms with van der Waals surface area (Å²) in [4.78, 5) is 14.2. The first-order valence-electron chi connectivity index (χ1n) is 7.50. The third kappa shape index (κ3) is 3.26. The Balaban J connectivity index is 1.77. The second-order valence-corrected chi connectivity index (χ2v) is 6.61. The maximum Gasteiger partial charge on any atom is 0.271 e. The van der Waals surface area contributed by atoms with Gasteiger partial charge in [-0.3, -0.25) is 14.6 Å². The molecule has 0 fully saturated rings. The molecule has 24 heavy (non-hydrogen) atoms. The molecule has 0 radical (unpaired) electrons. The number of carbonyl (C=O) groups excluding carboxylic acids is 1. The summed E-state index contributed by atoms with van der Waals surface area (Å²) in [5.74, 6) is -0.117. The number of hydrogen-bond acceptors (Lipinski definition) is 3. The molecule has 2 heterocycles. The van der Waals surface area contributed by atoms with Gasteiger partial charge in [-0.1, -0.05) is 29.8 Å². The van der Waals surface area contributed by atoms with Crippen LogP contribution >= 0.6 is 15.9 Å². The molecule has 0 aliphatic rings. The number of nitrogens with one attached hydrogen (secondary N) is 1. The molecule has 124 valence electrons. The van der Waals surface area contributed by atoms with Gasteiger partial charge in [0.1, 0.15) is 5.69 Å². The van der Waals surface area contributed by atoms with Gasteiger partial charge in [0.2, 0.25) is 0 Å². The minimum absolute atomic E-state index is 0.117. The number of amides is 1. The Hall–Kier alpha value is -2.41. The molecule has 2 aromatic heterocycles. The second kappa shape index (κ2) is 6.60. The third-order valence-electron chi connectivity index (χ3n) is 3.90. The monoisotopic (exact) mass is 387 g/mol. The number of halogens is 1. The van der Waals surface area contributed by atoms with E-state index in [-0.39, 0.29) is 5.91 Å². The van der Waals surface area contributed by atoms with E-state index >= 15 is 0 Å². The van der Waals surface area contributed by atoms with Gasteiger partial charge >= 0.3 is 0 Å². The van der Waals surface area contributed by atoms with Crippen molar-refractivity contribution in [1.29, 1.82) is 0 Å². The van der Waals surface area contributed by atoms with Crippen molar-refractivity contribution in [3.8, 4) is 11.3 Å². The molecule has 1 N–H and O–H groups in total. The average Bonchev–Trinajstić information content (AvgIpc) is 3.17. The molecule has 0 atom stereocenters. The van der Waals surface area contributed by atoms with E-state index < -0.39 is 0 Å². The lowest BCUT2D eigenvalue weighted by Crippen LogP contribution is -2.27. The Morgan fingerprint density at radius 3 is 2.67 bits per heavy atom. The van der Waals surface area contributed by atoms with Crippen LogP contribution in [0.4, 0.5) is 0 Å². The lowest BCUT2D eigenvalue weighted by atomic mass is 10.1. The predicted octanol–water partition coefficient (Wildman–Crippen LogP) is 3.15. The van der Waals surface area contributed by atoms with Crippen LogP contribution in [0.5, 0.6) is 0 Å². The first-order valence-corrected chi connectivity index (χ1v) is 8.29. The fourth-order valence-corrected chi connectivity index (χ4v) is 2.89. The van der Waals surface area contributed by atoms with Crippen molar-refractivity contribution >= 4 is 21.8 Å². The van der Waals surface area contributed by atoms with E-state index in [0.717, 1.165) is 21.4 Å².